The van der Waals surface area contributed by atoms with Crippen molar-refractivity contribution in [2.24, 2.45) is 0 Å². The Labute approximate surface area is 173 Å². The number of fused-ring (bicyclic) bond motifs is 1. The van der Waals surface area contributed by atoms with Crippen LogP contribution in [0.3, 0.4) is 0 Å². The number of nitrogens with one attached hydrogen (secondary N) is 2. The van der Waals surface area contributed by atoms with Crippen molar-refractivity contribution < 1.29 is 12.8 Å². The molecule has 1 aromatic heterocycles. The Morgan fingerprint density at radius 3 is 2.69 bits per heavy atom. The largest absolute Gasteiger partial charge is 0.369 e. The van der Waals surface area contributed by atoms with Gasteiger partial charge < -0.3 is 5.32 Å². The Balaban J connectivity index is 1.60. The molecule has 0 fully saturated rings. The second-order valence-electron chi connectivity index (χ2n) is 6.45. The molecule has 0 unspecified atom stereocenters. The van der Waals surface area contributed by atoms with Gasteiger partial charge in [-0.05, 0) is 49.7 Å². The van der Waals surface area contributed by atoms with Crippen molar-refractivity contribution in [3.63, 3.8) is 0 Å². The smallest absolute Gasteiger partial charge is 0.240 e. The van der Waals surface area contributed by atoms with Crippen LogP contribution in [-0.2, 0) is 10.0 Å². The fraction of sp³-hybridized carbons (Fsp3) is 0.200. The number of nitrogens with zero attached hydrogens (tertiary/aromatic N) is 2. The zero-order valence-corrected chi connectivity index (χ0v) is 17.1. The van der Waals surface area contributed by atoms with Crippen molar-refractivity contribution >= 4 is 38.3 Å². The molecule has 6 nitrogen and oxygen atoms in total. The number of sulfonamides is 1. The zero-order chi connectivity index (χ0) is 21.0. The van der Waals surface area contributed by atoms with Gasteiger partial charge in [0.2, 0.25) is 10.0 Å². The molecule has 0 radical (unpaired) electrons. The second-order valence-corrected chi connectivity index (χ2v) is 8.62. The van der Waals surface area contributed by atoms with Gasteiger partial charge >= 0.3 is 0 Å². The Hall–Kier alpha value is -2.73. The van der Waals surface area contributed by atoms with E-state index in [2.05, 4.69) is 21.1 Å². The predicted octanol–water partition coefficient (Wildman–Crippen LogP) is 3.99. The number of aryl methyl sites for hydroxylation is 1. The topological polar surface area (TPSA) is 94.9 Å². The molecule has 29 heavy (non-hydrogen) atoms. The molecule has 1 heterocycles. The molecule has 0 aliphatic rings. The maximum absolute atomic E-state index is 13.5. The molecule has 0 spiro atoms. The van der Waals surface area contributed by atoms with Gasteiger partial charge in [-0.1, -0.05) is 23.2 Å². The Kier molecular flexibility index (Phi) is 6.33. The van der Waals surface area contributed by atoms with Crippen LogP contribution in [0.4, 0.5) is 10.2 Å². The second kappa shape index (κ2) is 8.74. The van der Waals surface area contributed by atoms with E-state index in [4.69, 9.17) is 11.6 Å². The molecular weight excluding hydrogens is 415 g/mol. The fourth-order valence-electron chi connectivity index (χ4n) is 2.74. The SMILES string of the molecule is Cc1ccc2nc(NCCCNS(=O)(=O)c3ccc(Cl)c(F)c3)c(C#N)cc2c1. The summed E-state index contributed by atoms with van der Waals surface area (Å²) < 4.78 is 40.3. The lowest BCUT2D eigenvalue weighted by atomic mass is 10.1. The van der Waals surface area contributed by atoms with Crippen molar-refractivity contribution in [1.29, 1.82) is 5.26 Å². The maximum atomic E-state index is 13.5. The summed E-state index contributed by atoms with van der Waals surface area (Å²) in [5, 5.41) is 13.2. The molecule has 3 aromatic rings. The van der Waals surface area contributed by atoms with Gasteiger partial charge in [-0.15, -0.1) is 0 Å². The summed E-state index contributed by atoms with van der Waals surface area (Å²) in [5.74, 6) is -0.343. The number of hydrogen-bond acceptors (Lipinski definition) is 5. The van der Waals surface area contributed by atoms with Gasteiger partial charge in [-0.25, -0.2) is 22.5 Å². The van der Waals surface area contributed by atoms with Gasteiger partial charge in [0, 0.05) is 18.5 Å². The third kappa shape index (κ3) is 5.01. The highest BCUT2D eigenvalue weighted by molar-refractivity contribution is 7.89. The van der Waals surface area contributed by atoms with E-state index in [-0.39, 0.29) is 16.5 Å². The monoisotopic (exact) mass is 432 g/mol. The van der Waals surface area contributed by atoms with Crippen LogP contribution in [0.25, 0.3) is 10.9 Å². The van der Waals surface area contributed by atoms with Crippen molar-refractivity contribution in [2.75, 3.05) is 18.4 Å². The zero-order valence-electron chi connectivity index (χ0n) is 15.5. The molecule has 0 aliphatic heterocycles. The van der Waals surface area contributed by atoms with Crippen LogP contribution >= 0.6 is 11.6 Å². The molecule has 2 aromatic carbocycles. The fourth-order valence-corrected chi connectivity index (χ4v) is 3.95. The molecule has 150 valence electrons. The molecule has 2 N–H and O–H groups in total. The summed E-state index contributed by atoms with van der Waals surface area (Å²) in [7, 11) is -3.83. The highest BCUT2D eigenvalue weighted by Gasteiger charge is 2.15. The van der Waals surface area contributed by atoms with E-state index in [0.717, 1.165) is 22.5 Å². The van der Waals surface area contributed by atoms with Gasteiger partial charge in [0.15, 0.2) is 0 Å². The van der Waals surface area contributed by atoms with Crippen LogP contribution in [0.1, 0.15) is 17.5 Å². The van der Waals surface area contributed by atoms with E-state index in [1.807, 2.05) is 25.1 Å². The maximum Gasteiger partial charge on any atom is 0.240 e. The average Bonchev–Trinajstić information content (AvgIpc) is 2.69. The van der Waals surface area contributed by atoms with E-state index in [0.29, 0.717) is 24.3 Å². The normalized spacial score (nSPS) is 11.4. The van der Waals surface area contributed by atoms with Crippen molar-refractivity contribution in [3.05, 3.63) is 64.4 Å². The van der Waals surface area contributed by atoms with E-state index < -0.39 is 15.8 Å². The summed E-state index contributed by atoms with van der Waals surface area (Å²) in [6.07, 6.45) is 0.438. The number of halogens is 2. The first-order valence-corrected chi connectivity index (χ1v) is 10.7. The lowest BCUT2D eigenvalue weighted by Crippen LogP contribution is -2.26. The van der Waals surface area contributed by atoms with Crippen LogP contribution in [0, 0.1) is 24.1 Å². The summed E-state index contributed by atoms with van der Waals surface area (Å²) in [4.78, 5) is 4.28. The minimum atomic E-state index is -3.83. The first-order valence-electron chi connectivity index (χ1n) is 8.80. The number of nitriles is 1. The molecule has 0 saturated heterocycles. The summed E-state index contributed by atoms with van der Waals surface area (Å²) in [6.45, 7) is 2.50. The number of hydrogen-bond donors (Lipinski definition) is 2. The van der Waals surface area contributed by atoms with Gasteiger partial charge in [-0.3, -0.25) is 0 Å². The van der Waals surface area contributed by atoms with Crippen molar-refractivity contribution in [3.8, 4) is 6.07 Å². The molecule has 0 saturated carbocycles. The third-order valence-corrected chi connectivity index (χ3v) is 6.00. The van der Waals surface area contributed by atoms with Gasteiger partial charge in [0.05, 0.1) is 21.0 Å². The lowest BCUT2D eigenvalue weighted by molar-refractivity contribution is 0.576. The third-order valence-electron chi connectivity index (χ3n) is 4.23. The highest BCUT2D eigenvalue weighted by atomic mass is 35.5. The number of benzene rings is 2. The molecule has 3 rings (SSSR count). The summed E-state index contributed by atoms with van der Waals surface area (Å²) >= 11 is 5.58. The van der Waals surface area contributed by atoms with Crippen molar-refractivity contribution in [1.82, 2.24) is 9.71 Å². The van der Waals surface area contributed by atoms with Crippen LogP contribution in [0.5, 0.6) is 0 Å². The molecule has 9 heteroatoms. The number of aromatic nitrogens is 1. The van der Waals surface area contributed by atoms with Gasteiger partial charge in [-0.2, -0.15) is 5.26 Å². The first-order chi connectivity index (χ1) is 13.8. The molecule has 0 bridgehead atoms. The van der Waals surface area contributed by atoms with E-state index in [1.54, 1.807) is 6.07 Å². The molecule has 0 amide bonds. The van der Waals surface area contributed by atoms with Crippen LogP contribution in [-0.4, -0.2) is 26.5 Å². The Morgan fingerprint density at radius 1 is 1.17 bits per heavy atom. The van der Waals surface area contributed by atoms with E-state index >= 15 is 0 Å². The van der Waals surface area contributed by atoms with Crippen LogP contribution in [0.15, 0.2) is 47.4 Å². The van der Waals surface area contributed by atoms with Gasteiger partial charge in [0.25, 0.3) is 0 Å². The predicted molar refractivity (Wildman–Crippen MR) is 111 cm³/mol. The molecule has 0 atom stereocenters. The summed E-state index contributed by atoms with van der Waals surface area (Å²) in [5.41, 5.74) is 2.26. The number of rotatable bonds is 7. The lowest BCUT2D eigenvalue weighted by Gasteiger charge is -2.10. The minimum absolute atomic E-state index is 0.133. The Bertz CT molecular complexity index is 1210. The summed E-state index contributed by atoms with van der Waals surface area (Å²) in [6, 6.07) is 13.0. The minimum Gasteiger partial charge on any atom is -0.369 e. The van der Waals surface area contributed by atoms with E-state index in [9.17, 15) is 18.1 Å². The molecule has 0 aliphatic carbocycles. The standard InChI is InChI=1S/C20H18ClFN4O2S/c1-13-3-6-19-14(9-13)10-15(12-23)20(26-19)24-7-2-8-25-29(27,28)16-4-5-17(21)18(22)11-16/h3-6,9-11,25H,2,7-8H2,1H3,(H,24,26). The average molecular weight is 433 g/mol. The molecular formula is C20H18ClFN4O2S. The van der Waals surface area contributed by atoms with Crippen molar-refractivity contribution in [2.45, 2.75) is 18.2 Å². The van der Waals surface area contributed by atoms with Crippen LogP contribution < -0.4 is 10.0 Å². The highest BCUT2D eigenvalue weighted by Crippen LogP contribution is 2.21. The number of anilines is 1. The number of pyridine rings is 1. The quantitative estimate of drug-likeness (QED) is 0.550. The van der Waals surface area contributed by atoms with E-state index in [1.165, 1.54) is 12.1 Å². The Morgan fingerprint density at radius 2 is 1.97 bits per heavy atom. The van der Waals surface area contributed by atoms with Gasteiger partial charge in [0.1, 0.15) is 17.7 Å². The first kappa shape index (κ1) is 21.0. The van der Waals surface area contributed by atoms with Crippen LogP contribution in [0.2, 0.25) is 5.02 Å².